The largest absolute Gasteiger partial charge is 0.557 e. The molecule has 1 saturated heterocycles. The Hall–Kier alpha value is -2.99. The summed E-state index contributed by atoms with van der Waals surface area (Å²) in [7, 11) is 0. The van der Waals surface area contributed by atoms with Crippen LogP contribution in [-0.4, -0.2) is 47.0 Å². The molecule has 0 aromatic carbocycles. The first kappa shape index (κ1) is 21.8. The number of hydrogen-bond acceptors (Lipinski definition) is 7. The number of hydrogen-bond donors (Lipinski definition) is 1. The number of pyridine rings is 2. The van der Waals surface area contributed by atoms with Gasteiger partial charge in [-0.05, 0) is 48.2 Å². The lowest BCUT2D eigenvalue weighted by molar-refractivity contribution is 0.104. The highest BCUT2D eigenvalue weighted by Crippen LogP contribution is 2.35. The number of fused-ring (bicyclic) bond motifs is 1. The van der Waals surface area contributed by atoms with Crippen LogP contribution >= 0.6 is 22.9 Å². The van der Waals surface area contributed by atoms with Gasteiger partial charge in [0.05, 0.1) is 5.02 Å². The summed E-state index contributed by atoms with van der Waals surface area (Å²) >= 11 is 7.90. The minimum atomic E-state index is -0.300. The van der Waals surface area contributed by atoms with Crippen LogP contribution in [0.1, 0.15) is 38.0 Å². The van der Waals surface area contributed by atoms with Crippen LogP contribution in [0.15, 0.2) is 42.9 Å². The lowest BCUT2D eigenvalue weighted by Gasteiger charge is -2.35. The van der Waals surface area contributed by atoms with Crippen molar-refractivity contribution in [1.82, 2.24) is 14.9 Å². The van der Waals surface area contributed by atoms with E-state index in [2.05, 4.69) is 30.7 Å². The molecule has 1 aliphatic carbocycles. The van der Waals surface area contributed by atoms with E-state index in [-0.39, 0.29) is 11.8 Å². The Kier molecular flexibility index (Phi) is 6.27. The van der Waals surface area contributed by atoms with E-state index in [9.17, 15) is 4.79 Å². The van der Waals surface area contributed by atoms with E-state index in [1.165, 1.54) is 17.0 Å². The molecule has 1 fully saturated rings. The minimum Gasteiger partial charge on any atom is -0.383 e. The van der Waals surface area contributed by atoms with Crippen LogP contribution in [0.3, 0.4) is 0 Å². The van der Waals surface area contributed by atoms with Gasteiger partial charge in [-0.1, -0.05) is 11.6 Å². The topological polar surface area (TPSA) is 79.7 Å². The normalized spacial score (nSPS) is 18.0. The molecule has 4 heterocycles. The van der Waals surface area contributed by atoms with Crippen LogP contribution in [0.5, 0.6) is 0 Å². The first-order chi connectivity index (χ1) is 16.1. The third-order valence-electron chi connectivity index (χ3n) is 6.24. The predicted molar refractivity (Wildman–Crippen MR) is 132 cm³/mol. The van der Waals surface area contributed by atoms with Crippen molar-refractivity contribution in [3.05, 3.63) is 73.6 Å². The van der Waals surface area contributed by atoms with Crippen LogP contribution in [0.25, 0.3) is 4.85 Å². The first-order valence-electron chi connectivity index (χ1n) is 11.0. The van der Waals surface area contributed by atoms with Crippen LogP contribution in [0, 0.1) is 6.07 Å². The van der Waals surface area contributed by atoms with Gasteiger partial charge in [-0.15, -0.1) is 11.3 Å². The lowest BCUT2D eigenvalue weighted by Crippen LogP contribution is -2.45. The molecule has 0 saturated carbocycles. The van der Waals surface area contributed by atoms with Gasteiger partial charge in [-0.2, -0.15) is 4.79 Å². The maximum Gasteiger partial charge on any atom is 0.557 e. The van der Waals surface area contributed by atoms with Crippen molar-refractivity contribution in [1.29, 1.82) is 0 Å². The van der Waals surface area contributed by atoms with Gasteiger partial charge in [0.15, 0.2) is 4.88 Å². The van der Waals surface area contributed by atoms with Crippen LogP contribution < -0.4 is 10.6 Å². The molecule has 7 nitrogen and oxygen atoms in total. The monoisotopic (exact) mass is 479 g/mol. The molecule has 168 valence electrons. The molecule has 1 aliphatic heterocycles. The van der Waals surface area contributed by atoms with Crippen molar-refractivity contribution in [3.8, 4) is 6.07 Å². The number of anilines is 2. The van der Waals surface area contributed by atoms with Gasteiger partial charge in [-0.3, -0.25) is 9.88 Å². The van der Waals surface area contributed by atoms with E-state index in [4.69, 9.17) is 17.3 Å². The Bertz CT molecular complexity index is 1230. The van der Waals surface area contributed by atoms with E-state index in [1.54, 1.807) is 12.3 Å². The Morgan fingerprint density at radius 3 is 2.79 bits per heavy atom. The zero-order valence-corrected chi connectivity index (χ0v) is 19.6. The van der Waals surface area contributed by atoms with Crippen molar-refractivity contribution >= 4 is 40.4 Å². The molecule has 0 bridgehead atoms. The molecule has 0 spiro atoms. The van der Waals surface area contributed by atoms with Crippen molar-refractivity contribution in [2.45, 2.75) is 25.3 Å². The lowest BCUT2D eigenvalue weighted by atomic mass is 10.0. The Balaban J connectivity index is 1.21. The second-order valence-electron chi connectivity index (χ2n) is 8.25. The molecule has 5 rings (SSSR count). The first-order valence-corrected chi connectivity index (χ1v) is 12.2. The summed E-state index contributed by atoms with van der Waals surface area (Å²) in [5.74, 6) is 0.228. The fraction of sp³-hybridized carbons (Fsp3) is 0.333. The third-order valence-corrected chi connectivity index (χ3v) is 7.80. The molecule has 3 aromatic rings. The summed E-state index contributed by atoms with van der Waals surface area (Å²) in [5.41, 5.74) is 9.26. The van der Waals surface area contributed by atoms with E-state index >= 15 is 0 Å². The van der Waals surface area contributed by atoms with Gasteiger partial charge in [0, 0.05) is 66.7 Å². The molecule has 1 atom stereocenters. The average Bonchev–Trinajstić information content (AvgIpc) is 3.43. The maximum absolute atomic E-state index is 12.7. The fourth-order valence-corrected chi connectivity index (χ4v) is 5.76. The Morgan fingerprint density at radius 1 is 1.21 bits per heavy atom. The quantitative estimate of drug-likeness (QED) is 0.601. The zero-order chi connectivity index (χ0) is 22.8. The molecule has 2 N–H and O–H groups in total. The van der Waals surface area contributed by atoms with Crippen molar-refractivity contribution < 1.29 is 4.79 Å². The van der Waals surface area contributed by atoms with E-state index in [0.717, 1.165) is 61.6 Å². The van der Waals surface area contributed by atoms with E-state index in [1.807, 2.05) is 30.6 Å². The zero-order valence-electron chi connectivity index (χ0n) is 18.1. The van der Waals surface area contributed by atoms with Gasteiger partial charge in [0.25, 0.3) is 6.07 Å². The molecule has 33 heavy (non-hydrogen) atoms. The van der Waals surface area contributed by atoms with Gasteiger partial charge in [0.1, 0.15) is 11.7 Å². The van der Waals surface area contributed by atoms with Crippen LogP contribution in [0.4, 0.5) is 11.5 Å². The molecule has 1 unspecified atom stereocenters. The molecule has 3 aromatic heterocycles. The number of piperazine rings is 1. The highest BCUT2D eigenvalue weighted by Gasteiger charge is 2.29. The fourth-order valence-electron chi connectivity index (χ4n) is 4.43. The molecule has 9 heteroatoms. The molecule has 1 amide bonds. The summed E-state index contributed by atoms with van der Waals surface area (Å²) in [6.45, 7) is 4.49. The number of thiophene rings is 1. The molecule has 2 aliphatic rings. The number of nitrogens with zero attached hydrogens (tertiary/aromatic N) is 5. The number of carbonyl (C=O) groups excluding carboxylic acids is 1. The van der Waals surface area contributed by atoms with Gasteiger partial charge in [-0.25, -0.2) is 4.98 Å². The summed E-state index contributed by atoms with van der Waals surface area (Å²) < 4.78 is 0. The van der Waals surface area contributed by atoms with Gasteiger partial charge >= 0.3 is 5.91 Å². The number of nitrogens with two attached hydrogens (primary N) is 1. The molecule has 0 radical (unpaired) electrons. The SMILES string of the molecule is Nc1nccc2c1CCC2C#[N+]C(=O)c1cc(Cl)c(CN2CCN(c3ccncc3)CC2)s1. The number of halogens is 1. The van der Waals surface area contributed by atoms with Crippen LogP contribution in [0.2, 0.25) is 5.02 Å². The van der Waals surface area contributed by atoms with Crippen molar-refractivity contribution in [2.24, 2.45) is 0 Å². The third kappa shape index (κ3) is 4.71. The van der Waals surface area contributed by atoms with Gasteiger partial charge < -0.3 is 10.6 Å². The second-order valence-corrected chi connectivity index (χ2v) is 9.80. The van der Waals surface area contributed by atoms with Crippen molar-refractivity contribution in [2.75, 3.05) is 36.8 Å². The van der Waals surface area contributed by atoms with E-state index < -0.39 is 0 Å². The van der Waals surface area contributed by atoms with E-state index in [0.29, 0.717) is 15.7 Å². The predicted octanol–water partition coefficient (Wildman–Crippen LogP) is 4.30. The number of rotatable bonds is 4. The second kappa shape index (κ2) is 9.48. The van der Waals surface area contributed by atoms with Crippen LogP contribution in [-0.2, 0) is 13.0 Å². The number of carbonyl (C=O) groups is 1. The Morgan fingerprint density at radius 2 is 2.00 bits per heavy atom. The number of nitrogen functional groups attached to an aromatic ring is 1. The average molecular weight is 480 g/mol. The van der Waals surface area contributed by atoms with Crippen molar-refractivity contribution in [3.63, 3.8) is 0 Å². The maximum atomic E-state index is 12.7. The standard InChI is InChI=1S/C24H24ClN6OS/c25-20-13-21(24(32)29-14-16-1-2-19-18(16)5-8-28-23(19)26)33-22(20)15-30-9-11-31(12-10-30)17-3-6-27-7-4-17/h3-8,13,16H,1-2,9-12,15H2,(H2,26,28)/q+1. The summed E-state index contributed by atoms with van der Waals surface area (Å²) in [5, 5.41) is 0.625. The highest BCUT2D eigenvalue weighted by molar-refractivity contribution is 7.14. The minimum absolute atomic E-state index is 0.0270. The number of amides is 1. The highest BCUT2D eigenvalue weighted by atomic mass is 35.5. The molecular weight excluding hydrogens is 456 g/mol. The Labute approximate surface area is 201 Å². The summed E-state index contributed by atoms with van der Waals surface area (Å²) in [4.78, 5) is 31.3. The smallest absolute Gasteiger partial charge is 0.383 e. The number of aromatic nitrogens is 2. The summed E-state index contributed by atoms with van der Waals surface area (Å²) in [6.07, 6.45) is 7.01. The van der Waals surface area contributed by atoms with Gasteiger partial charge in [0.2, 0.25) is 0 Å². The molecular formula is C24H24ClN6OS+. The summed E-state index contributed by atoms with van der Waals surface area (Å²) in [6, 6.07) is 10.8.